The maximum absolute atomic E-state index is 13.2. The smallest absolute Gasteiger partial charge is 0.224 e. The van der Waals surface area contributed by atoms with Crippen molar-refractivity contribution in [2.75, 3.05) is 39.5 Å². The van der Waals surface area contributed by atoms with E-state index in [2.05, 4.69) is 16.3 Å². The van der Waals surface area contributed by atoms with Crippen LogP contribution >= 0.6 is 0 Å². The third-order valence-electron chi connectivity index (χ3n) is 6.11. The van der Waals surface area contributed by atoms with Gasteiger partial charge < -0.3 is 14.8 Å². The van der Waals surface area contributed by atoms with Crippen LogP contribution in [-0.4, -0.2) is 55.8 Å². The zero-order chi connectivity index (χ0) is 17.8. The largest absolute Gasteiger partial charge is 0.493 e. The fourth-order valence-electron chi connectivity index (χ4n) is 4.64. The lowest BCUT2D eigenvalue weighted by Crippen LogP contribution is -2.57. The zero-order valence-corrected chi connectivity index (χ0v) is 15.5. The van der Waals surface area contributed by atoms with Gasteiger partial charge in [0.05, 0.1) is 25.4 Å². The monoisotopic (exact) mass is 358 g/mol. The quantitative estimate of drug-likeness (QED) is 0.898. The van der Waals surface area contributed by atoms with Crippen molar-refractivity contribution in [1.82, 2.24) is 10.2 Å². The summed E-state index contributed by atoms with van der Waals surface area (Å²) >= 11 is 0. The maximum atomic E-state index is 13.2. The van der Waals surface area contributed by atoms with Gasteiger partial charge in [0.15, 0.2) is 0 Å². The Bertz CT molecular complexity index is 621. The van der Waals surface area contributed by atoms with E-state index in [1.807, 2.05) is 18.2 Å². The van der Waals surface area contributed by atoms with E-state index in [0.717, 1.165) is 69.8 Å². The van der Waals surface area contributed by atoms with Crippen molar-refractivity contribution in [2.24, 2.45) is 5.92 Å². The molecule has 0 radical (unpaired) electrons. The van der Waals surface area contributed by atoms with Crippen molar-refractivity contribution in [1.29, 1.82) is 0 Å². The molecule has 0 bridgehead atoms. The van der Waals surface area contributed by atoms with Gasteiger partial charge in [0.2, 0.25) is 5.91 Å². The Morgan fingerprint density at radius 3 is 2.73 bits per heavy atom. The third-order valence-corrected chi connectivity index (χ3v) is 6.11. The lowest BCUT2D eigenvalue weighted by Gasteiger charge is -2.38. The molecule has 5 heteroatoms. The van der Waals surface area contributed by atoms with Crippen LogP contribution in [-0.2, 0) is 16.0 Å². The molecule has 5 nitrogen and oxygen atoms in total. The molecule has 142 valence electrons. The molecule has 0 spiro atoms. The molecule has 1 N–H and O–H groups in total. The van der Waals surface area contributed by atoms with Crippen molar-refractivity contribution < 1.29 is 14.3 Å². The standard InChI is InChI=1S/C21H30N2O3/c24-20(18-7-12-26-19-6-2-1-5-17(19)15-18)22-21(8-3-4-9-21)16-23-10-13-25-14-11-23/h1-2,5-6,18H,3-4,7-16H2,(H,22,24). The molecule has 4 rings (SSSR count). The van der Waals surface area contributed by atoms with Crippen molar-refractivity contribution >= 4 is 5.91 Å². The van der Waals surface area contributed by atoms with E-state index in [4.69, 9.17) is 9.47 Å². The van der Waals surface area contributed by atoms with E-state index >= 15 is 0 Å². The molecule has 1 amide bonds. The summed E-state index contributed by atoms with van der Waals surface area (Å²) in [4.78, 5) is 15.6. The number of para-hydroxylation sites is 1. The van der Waals surface area contributed by atoms with Crippen LogP contribution < -0.4 is 10.1 Å². The van der Waals surface area contributed by atoms with Crippen LogP contribution in [0.3, 0.4) is 0 Å². The molecule has 0 aromatic heterocycles. The average Bonchev–Trinajstić information content (AvgIpc) is 2.99. The average molecular weight is 358 g/mol. The highest BCUT2D eigenvalue weighted by Gasteiger charge is 2.39. The molecule has 1 aromatic rings. The van der Waals surface area contributed by atoms with Crippen molar-refractivity contribution in [2.45, 2.75) is 44.1 Å². The Labute approximate surface area is 156 Å². The van der Waals surface area contributed by atoms with E-state index in [1.54, 1.807) is 0 Å². The van der Waals surface area contributed by atoms with E-state index in [-0.39, 0.29) is 17.4 Å². The highest BCUT2D eigenvalue weighted by Crippen LogP contribution is 2.32. The minimum absolute atomic E-state index is 0.000754. The van der Waals surface area contributed by atoms with Gasteiger partial charge in [0, 0.05) is 25.6 Å². The fraction of sp³-hybridized carbons (Fsp3) is 0.667. The molecule has 2 aliphatic heterocycles. The Balaban J connectivity index is 1.43. The van der Waals surface area contributed by atoms with Gasteiger partial charge in [-0.05, 0) is 37.3 Å². The van der Waals surface area contributed by atoms with Crippen LogP contribution in [0.4, 0.5) is 0 Å². The van der Waals surface area contributed by atoms with Crippen molar-refractivity contribution in [3.8, 4) is 5.75 Å². The van der Waals surface area contributed by atoms with Gasteiger partial charge in [0.1, 0.15) is 5.75 Å². The summed E-state index contributed by atoms with van der Waals surface area (Å²) in [6.45, 7) is 5.14. The van der Waals surface area contributed by atoms with Gasteiger partial charge in [-0.1, -0.05) is 31.0 Å². The van der Waals surface area contributed by atoms with Crippen LogP contribution in [0, 0.1) is 5.92 Å². The highest BCUT2D eigenvalue weighted by molar-refractivity contribution is 5.80. The molecule has 26 heavy (non-hydrogen) atoms. The van der Waals surface area contributed by atoms with E-state index < -0.39 is 0 Å². The van der Waals surface area contributed by atoms with Gasteiger partial charge in [-0.15, -0.1) is 0 Å². The molecule has 3 aliphatic rings. The third kappa shape index (κ3) is 4.04. The number of morpholine rings is 1. The number of nitrogens with zero attached hydrogens (tertiary/aromatic N) is 1. The molecule has 1 aliphatic carbocycles. The lowest BCUT2D eigenvalue weighted by molar-refractivity contribution is -0.127. The number of carbonyl (C=O) groups is 1. The SMILES string of the molecule is O=C(NC1(CN2CCOCC2)CCCC1)C1CCOc2ccccc2C1. The summed E-state index contributed by atoms with van der Waals surface area (Å²) in [5.41, 5.74) is 1.10. The Hall–Kier alpha value is -1.59. The van der Waals surface area contributed by atoms with Crippen LogP contribution in [0.25, 0.3) is 0 Å². The first-order valence-electron chi connectivity index (χ1n) is 10.1. The first-order chi connectivity index (χ1) is 12.7. The number of fused-ring (bicyclic) bond motifs is 1. The minimum atomic E-state index is -0.0545. The maximum Gasteiger partial charge on any atom is 0.224 e. The zero-order valence-electron chi connectivity index (χ0n) is 15.5. The summed E-state index contributed by atoms with van der Waals surface area (Å²) in [6, 6.07) is 8.11. The fourth-order valence-corrected chi connectivity index (χ4v) is 4.64. The summed E-state index contributed by atoms with van der Waals surface area (Å²) in [6.07, 6.45) is 6.16. The second kappa shape index (κ2) is 7.97. The van der Waals surface area contributed by atoms with Crippen LogP contribution in [0.2, 0.25) is 0 Å². The molecule has 2 fully saturated rings. The number of nitrogens with one attached hydrogen (secondary N) is 1. The number of amides is 1. The van der Waals surface area contributed by atoms with Crippen LogP contribution in [0.1, 0.15) is 37.7 Å². The second-order valence-electron chi connectivity index (χ2n) is 8.01. The normalized spacial score (nSPS) is 25.8. The second-order valence-corrected chi connectivity index (χ2v) is 8.01. The summed E-state index contributed by atoms with van der Waals surface area (Å²) < 4.78 is 11.3. The molecule has 1 saturated carbocycles. The number of hydrogen-bond acceptors (Lipinski definition) is 4. The van der Waals surface area contributed by atoms with E-state index in [0.29, 0.717) is 6.61 Å². The molecular formula is C21H30N2O3. The number of rotatable bonds is 4. The van der Waals surface area contributed by atoms with E-state index in [1.165, 1.54) is 12.8 Å². The number of benzene rings is 1. The molecule has 1 unspecified atom stereocenters. The van der Waals surface area contributed by atoms with Gasteiger partial charge in [0.25, 0.3) is 0 Å². The van der Waals surface area contributed by atoms with E-state index in [9.17, 15) is 4.79 Å². The van der Waals surface area contributed by atoms with Gasteiger partial charge in [-0.3, -0.25) is 9.69 Å². The molecule has 1 saturated heterocycles. The minimum Gasteiger partial charge on any atom is -0.493 e. The lowest BCUT2D eigenvalue weighted by atomic mass is 9.91. The van der Waals surface area contributed by atoms with Crippen LogP contribution in [0.15, 0.2) is 24.3 Å². The van der Waals surface area contributed by atoms with Crippen molar-refractivity contribution in [3.63, 3.8) is 0 Å². The summed E-state index contributed by atoms with van der Waals surface area (Å²) in [7, 11) is 0. The molecule has 1 aromatic carbocycles. The van der Waals surface area contributed by atoms with Crippen molar-refractivity contribution in [3.05, 3.63) is 29.8 Å². The first kappa shape index (κ1) is 17.8. The first-order valence-corrected chi connectivity index (χ1v) is 10.1. The van der Waals surface area contributed by atoms with Gasteiger partial charge in [-0.2, -0.15) is 0 Å². The molecule has 1 atom stereocenters. The highest BCUT2D eigenvalue weighted by atomic mass is 16.5. The molecule has 2 heterocycles. The summed E-state index contributed by atoms with van der Waals surface area (Å²) in [5.74, 6) is 1.15. The van der Waals surface area contributed by atoms with Gasteiger partial charge in [-0.25, -0.2) is 0 Å². The Morgan fingerprint density at radius 1 is 1.15 bits per heavy atom. The predicted molar refractivity (Wildman–Crippen MR) is 100 cm³/mol. The number of carbonyl (C=O) groups excluding carboxylic acids is 1. The van der Waals surface area contributed by atoms with Crippen LogP contribution in [0.5, 0.6) is 5.75 Å². The summed E-state index contributed by atoms with van der Waals surface area (Å²) in [5, 5.41) is 3.49. The Morgan fingerprint density at radius 2 is 1.92 bits per heavy atom. The number of hydrogen-bond donors (Lipinski definition) is 1. The molecular weight excluding hydrogens is 328 g/mol. The van der Waals surface area contributed by atoms with Gasteiger partial charge >= 0.3 is 0 Å². The topological polar surface area (TPSA) is 50.8 Å². The predicted octanol–water partition coefficient (Wildman–Crippen LogP) is 2.39. The Kier molecular flexibility index (Phi) is 5.46. The number of ether oxygens (including phenoxy) is 2.